The van der Waals surface area contributed by atoms with E-state index < -0.39 is 4.92 Å². The number of nitriles is 1. The fourth-order valence-electron chi connectivity index (χ4n) is 1.61. The van der Waals surface area contributed by atoms with E-state index in [1.54, 1.807) is 6.07 Å². The van der Waals surface area contributed by atoms with Gasteiger partial charge >= 0.3 is 0 Å². The van der Waals surface area contributed by atoms with Crippen molar-refractivity contribution in [1.82, 2.24) is 4.90 Å². The highest BCUT2D eigenvalue weighted by Gasteiger charge is 2.13. The standard InChI is InChI=1S/C12H14ClN3O2/c1-2-15(7-3-6-14)9-10-4-5-11(13)12(8-10)16(17)18/h4-5,8H,2-3,7,9H2,1H3. The van der Waals surface area contributed by atoms with Gasteiger partial charge in [0.15, 0.2) is 0 Å². The van der Waals surface area contributed by atoms with Crippen LogP contribution in [-0.4, -0.2) is 22.9 Å². The molecular weight excluding hydrogens is 254 g/mol. The minimum atomic E-state index is -0.489. The van der Waals surface area contributed by atoms with Crippen LogP contribution in [0.25, 0.3) is 0 Å². The molecule has 0 aromatic heterocycles. The highest BCUT2D eigenvalue weighted by atomic mass is 35.5. The lowest BCUT2D eigenvalue weighted by Crippen LogP contribution is -2.23. The molecule has 6 heteroatoms. The number of hydrogen-bond donors (Lipinski definition) is 0. The van der Waals surface area contributed by atoms with Gasteiger partial charge in [0.1, 0.15) is 5.02 Å². The van der Waals surface area contributed by atoms with Crippen molar-refractivity contribution >= 4 is 17.3 Å². The molecule has 0 unspecified atom stereocenters. The second-order valence-electron chi connectivity index (χ2n) is 3.82. The van der Waals surface area contributed by atoms with Crippen LogP contribution < -0.4 is 0 Å². The van der Waals surface area contributed by atoms with Crippen molar-refractivity contribution in [1.29, 1.82) is 5.26 Å². The van der Waals surface area contributed by atoms with Crippen molar-refractivity contribution in [2.45, 2.75) is 19.9 Å². The van der Waals surface area contributed by atoms with E-state index in [9.17, 15) is 10.1 Å². The van der Waals surface area contributed by atoms with Crippen molar-refractivity contribution < 1.29 is 4.92 Å². The second kappa shape index (κ2) is 6.94. The molecule has 0 N–H and O–H groups in total. The van der Waals surface area contributed by atoms with E-state index >= 15 is 0 Å². The normalized spacial score (nSPS) is 10.3. The molecule has 0 aliphatic rings. The molecule has 0 aliphatic heterocycles. The van der Waals surface area contributed by atoms with E-state index in [0.29, 0.717) is 19.5 Å². The summed E-state index contributed by atoms with van der Waals surface area (Å²) in [6, 6.07) is 6.87. The number of nitro benzene ring substituents is 1. The Morgan fingerprint density at radius 2 is 2.28 bits per heavy atom. The van der Waals surface area contributed by atoms with Gasteiger partial charge in [0.05, 0.1) is 11.0 Å². The Labute approximate surface area is 111 Å². The lowest BCUT2D eigenvalue weighted by Gasteiger charge is -2.18. The number of nitrogens with zero attached hydrogens (tertiary/aromatic N) is 3. The average Bonchev–Trinajstić information content (AvgIpc) is 2.36. The van der Waals surface area contributed by atoms with Gasteiger partial charge in [-0.1, -0.05) is 24.6 Å². The van der Waals surface area contributed by atoms with Crippen LogP contribution >= 0.6 is 11.6 Å². The van der Waals surface area contributed by atoms with E-state index in [0.717, 1.165) is 12.1 Å². The van der Waals surface area contributed by atoms with Gasteiger partial charge in [0.25, 0.3) is 5.69 Å². The van der Waals surface area contributed by atoms with Gasteiger partial charge in [-0.25, -0.2) is 0 Å². The van der Waals surface area contributed by atoms with Crippen LogP contribution in [0.1, 0.15) is 18.9 Å². The Kier molecular flexibility index (Phi) is 5.56. The summed E-state index contributed by atoms with van der Waals surface area (Å²) in [6.45, 7) is 4.01. The molecule has 0 spiro atoms. The summed E-state index contributed by atoms with van der Waals surface area (Å²) >= 11 is 5.75. The predicted molar refractivity (Wildman–Crippen MR) is 69.3 cm³/mol. The van der Waals surface area contributed by atoms with Gasteiger partial charge in [-0.3, -0.25) is 15.0 Å². The van der Waals surface area contributed by atoms with E-state index in [1.165, 1.54) is 12.1 Å². The molecule has 0 saturated heterocycles. The van der Waals surface area contributed by atoms with Crippen molar-refractivity contribution in [2.24, 2.45) is 0 Å². The maximum Gasteiger partial charge on any atom is 0.288 e. The molecule has 0 fully saturated rings. The Morgan fingerprint density at radius 1 is 1.56 bits per heavy atom. The first-order chi connectivity index (χ1) is 8.58. The lowest BCUT2D eigenvalue weighted by molar-refractivity contribution is -0.384. The van der Waals surface area contributed by atoms with E-state index in [1.807, 2.05) is 6.92 Å². The predicted octanol–water partition coefficient (Wildman–Crippen LogP) is 2.98. The van der Waals surface area contributed by atoms with Gasteiger partial charge in [-0.2, -0.15) is 5.26 Å². The topological polar surface area (TPSA) is 70.2 Å². The zero-order valence-electron chi connectivity index (χ0n) is 10.1. The minimum absolute atomic E-state index is 0.0782. The Hall–Kier alpha value is -1.64. The Bertz CT molecular complexity index is 471. The van der Waals surface area contributed by atoms with E-state index in [-0.39, 0.29) is 10.7 Å². The number of nitro groups is 1. The van der Waals surface area contributed by atoms with E-state index in [2.05, 4.69) is 11.0 Å². The van der Waals surface area contributed by atoms with Crippen molar-refractivity contribution in [3.8, 4) is 6.07 Å². The number of halogens is 1. The van der Waals surface area contributed by atoms with Gasteiger partial charge in [-0.05, 0) is 18.2 Å². The largest absolute Gasteiger partial charge is 0.298 e. The molecule has 0 bridgehead atoms. The second-order valence-corrected chi connectivity index (χ2v) is 4.23. The molecule has 1 aromatic rings. The fraction of sp³-hybridized carbons (Fsp3) is 0.417. The summed E-state index contributed by atoms with van der Waals surface area (Å²) in [6.07, 6.45) is 0.448. The number of benzene rings is 1. The van der Waals surface area contributed by atoms with Crippen LogP contribution in [0.2, 0.25) is 5.02 Å². The molecule has 0 aliphatic carbocycles. The fourth-order valence-corrected chi connectivity index (χ4v) is 1.80. The molecule has 0 radical (unpaired) electrons. The van der Waals surface area contributed by atoms with Crippen LogP contribution in [-0.2, 0) is 6.54 Å². The first-order valence-electron chi connectivity index (χ1n) is 5.60. The monoisotopic (exact) mass is 267 g/mol. The van der Waals surface area contributed by atoms with Gasteiger partial charge in [0.2, 0.25) is 0 Å². The van der Waals surface area contributed by atoms with Gasteiger partial charge in [-0.15, -0.1) is 0 Å². The smallest absolute Gasteiger partial charge is 0.288 e. The molecule has 0 atom stereocenters. The summed E-state index contributed by atoms with van der Waals surface area (Å²) in [5, 5.41) is 19.5. The minimum Gasteiger partial charge on any atom is -0.298 e. The van der Waals surface area contributed by atoms with Gasteiger partial charge in [0, 0.05) is 25.6 Å². The zero-order chi connectivity index (χ0) is 13.5. The van der Waals surface area contributed by atoms with Crippen LogP contribution in [0.3, 0.4) is 0 Å². The van der Waals surface area contributed by atoms with Crippen LogP contribution in [0.15, 0.2) is 18.2 Å². The lowest BCUT2D eigenvalue weighted by atomic mass is 10.2. The van der Waals surface area contributed by atoms with Crippen molar-refractivity contribution in [3.05, 3.63) is 38.9 Å². The molecule has 5 nitrogen and oxygen atoms in total. The van der Waals surface area contributed by atoms with Crippen LogP contribution in [0, 0.1) is 21.4 Å². The van der Waals surface area contributed by atoms with Crippen LogP contribution in [0.4, 0.5) is 5.69 Å². The molecule has 0 amide bonds. The highest BCUT2D eigenvalue weighted by Crippen LogP contribution is 2.25. The molecular formula is C12H14ClN3O2. The average molecular weight is 268 g/mol. The third-order valence-corrected chi connectivity index (χ3v) is 2.92. The van der Waals surface area contributed by atoms with Crippen molar-refractivity contribution in [3.63, 3.8) is 0 Å². The molecule has 1 aromatic carbocycles. The van der Waals surface area contributed by atoms with E-state index in [4.69, 9.17) is 16.9 Å². The zero-order valence-corrected chi connectivity index (χ0v) is 10.9. The Morgan fingerprint density at radius 3 is 2.83 bits per heavy atom. The molecule has 96 valence electrons. The number of hydrogen-bond acceptors (Lipinski definition) is 4. The van der Waals surface area contributed by atoms with Gasteiger partial charge < -0.3 is 0 Å². The summed E-state index contributed by atoms with van der Waals surface area (Å²) in [7, 11) is 0. The quantitative estimate of drug-likeness (QED) is 0.587. The molecule has 0 heterocycles. The third kappa shape index (κ3) is 3.99. The third-order valence-electron chi connectivity index (χ3n) is 2.60. The highest BCUT2D eigenvalue weighted by molar-refractivity contribution is 6.32. The van der Waals surface area contributed by atoms with Crippen molar-refractivity contribution in [2.75, 3.05) is 13.1 Å². The maximum absolute atomic E-state index is 10.8. The first kappa shape index (κ1) is 14.4. The summed E-state index contributed by atoms with van der Waals surface area (Å²) in [4.78, 5) is 12.3. The van der Waals surface area contributed by atoms with Crippen LogP contribution in [0.5, 0.6) is 0 Å². The maximum atomic E-state index is 10.8. The molecule has 1 rings (SSSR count). The number of rotatable bonds is 6. The summed E-state index contributed by atoms with van der Waals surface area (Å²) in [5.74, 6) is 0. The molecule has 18 heavy (non-hydrogen) atoms. The SMILES string of the molecule is CCN(CCC#N)Cc1ccc(Cl)c([N+](=O)[O-])c1. The molecule has 0 saturated carbocycles. The first-order valence-corrected chi connectivity index (χ1v) is 5.98. The summed E-state index contributed by atoms with van der Waals surface area (Å²) < 4.78 is 0. The summed E-state index contributed by atoms with van der Waals surface area (Å²) in [5.41, 5.74) is 0.747. The Balaban J connectivity index is 2.81.